The summed E-state index contributed by atoms with van der Waals surface area (Å²) in [6, 6.07) is 10.2. The third-order valence-corrected chi connectivity index (χ3v) is 3.04. The van der Waals surface area contributed by atoms with Gasteiger partial charge in [-0.25, -0.2) is 0 Å². The van der Waals surface area contributed by atoms with Crippen molar-refractivity contribution in [1.29, 1.82) is 0 Å². The van der Waals surface area contributed by atoms with Crippen LogP contribution in [0.5, 0.6) is 0 Å². The summed E-state index contributed by atoms with van der Waals surface area (Å²) in [7, 11) is 0. The van der Waals surface area contributed by atoms with Crippen molar-refractivity contribution < 1.29 is 4.79 Å². The summed E-state index contributed by atoms with van der Waals surface area (Å²) in [5.41, 5.74) is 7.01. The zero-order valence-electron chi connectivity index (χ0n) is 8.89. The van der Waals surface area contributed by atoms with Crippen LogP contribution < -0.4 is 5.73 Å². The van der Waals surface area contributed by atoms with Crippen LogP contribution in [0.2, 0.25) is 0 Å². The molecule has 1 aromatic rings. The van der Waals surface area contributed by atoms with Crippen LogP contribution in [-0.2, 0) is 11.3 Å². The molecule has 0 bridgehead atoms. The van der Waals surface area contributed by atoms with Crippen molar-refractivity contribution in [2.75, 3.05) is 0 Å². The van der Waals surface area contributed by atoms with Crippen molar-refractivity contribution in [3.05, 3.63) is 35.9 Å². The second-order valence-electron chi connectivity index (χ2n) is 4.12. The first-order valence-electron chi connectivity index (χ1n) is 5.27. The number of hydrogen-bond acceptors (Lipinski definition) is 2. The number of hydrogen-bond donors (Lipinski definition) is 1. The largest absolute Gasteiger partial charge is 0.334 e. The van der Waals surface area contributed by atoms with Crippen LogP contribution in [0.4, 0.5) is 0 Å². The van der Waals surface area contributed by atoms with Crippen LogP contribution in [0.3, 0.4) is 0 Å². The summed E-state index contributed by atoms with van der Waals surface area (Å²) in [6.07, 6.45) is 0.480. The highest BCUT2D eigenvalue weighted by Crippen LogP contribution is 2.19. The molecular formula is C12H16N2O. The van der Waals surface area contributed by atoms with Crippen molar-refractivity contribution in [3.8, 4) is 0 Å². The number of carbonyl (C=O) groups is 1. The van der Waals surface area contributed by atoms with E-state index in [9.17, 15) is 4.79 Å². The van der Waals surface area contributed by atoms with Crippen LogP contribution in [0.1, 0.15) is 18.9 Å². The molecule has 2 N–H and O–H groups in total. The number of likely N-dealkylation sites (tertiary alicyclic amines) is 1. The van der Waals surface area contributed by atoms with Gasteiger partial charge in [0.05, 0.1) is 0 Å². The Bertz CT molecular complexity index is 350. The number of carbonyl (C=O) groups excluding carboxylic acids is 1. The molecule has 80 valence electrons. The fraction of sp³-hybridized carbons (Fsp3) is 0.417. The van der Waals surface area contributed by atoms with Gasteiger partial charge in [0.1, 0.15) is 0 Å². The van der Waals surface area contributed by atoms with Crippen molar-refractivity contribution in [2.45, 2.75) is 32.0 Å². The van der Waals surface area contributed by atoms with E-state index in [0.29, 0.717) is 13.0 Å². The van der Waals surface area contributed by atoms with E-state index >= 15 is 0 Å². The molecule has 1 aromatic carbocycles. The van der Waals surface area contributed by atoms with Crippen molar-refractivity contribution in [3.63, 3.8) is 0 Å². The van der Waals surface area contributed by atoms with Crippen molar-refractivity contribution in [1.82, 2.24) is 4.90 Å². The zero-order chi connectivity index (χ0) is 10.8. The first-order valence-corrected chi connectivity index (χ1v) is 5.27. The molecule has 2 atom stereocenters. The number of nitrogens with two attached hydrogens (primary N) is 1. The van der Waals surface area contributed by atoms with Gasteiger partial charge in [-0.3, -0.25) is 4.79 Å². The first kappa shape index (κ1) is 10.2. The van der Waals surface area contributed by atoms with E-state index in [1.54, 1.807) is 0 Å². The van der Waals surface area contributed by atoms with Gasteiger partial charge in [0, 0.05) is 25.0 Å². The van der Waals surface area contributed by atoms with Gasteiger partial charge in [-0.2, -0.15) is 0 Å². The quantitative estimate of drug-likeness (QED) is 0.785. The number of rotatable bonds is 2. The van der Waals surface area contributed by atoms with Crippen LogP contribution in [0, 0.1) is 0 Å². The minimum atomic E-state index is -0.0128. The Morgan fingerprint density at radius 3 is 2.60 bits per heavy atom. The lowest BCUT2D eigenvalue weighted by Gasteiger charge is -2.23. The van der Waals surface area contributed by atoms with E-state index in [2.05, 4.69) is 0 Å². The topological polar surface area (TPSA) is 46.3 Å². The average molecular weight is 204 g/mol. The lowest BCUT2D eigenvalue weighted by atomic mass is 10.1. The van der Waals surface area contributed by atoms with Crippen molar-refractivity contribution in [2.24, 2.45) is 5.73 Å². The van der Waals surface area contributed by atoms with Gasteiger partial charge >= 0.3 is 0 Å². The van der Waals surface area contributed by atoms with Gasteiger partial charge in [-0.15, -0.1) is 0 Å². The fourth-order valence-corrected chi connectivity index (χ4v) is 1.96. The molecule has 0 unspecified atom stereocenters. The van der Waals surface area contributed by atoms with E-state index in [0.717, 1.165) is 5.56 Å². The summed E-state index contributed by atoms with van der Waals surface area (Å²) in [5, 5.41) is 0. The standard InChI is InChI=1S/C12H16N2O/c1-9-11(13)7-12(15)14(9)8-10-5-3-2-4-6-10/h2-6,9,11H,7-8,13H2,1H3/t9-,11-/m0/s1. The van der Waals surface area contributed by atoms with E-state index in [-0.39, 0.29) is 18.0 Å². The molecule has 1 heterocycles. The van der Waals surface area contributed by atoms with Gasteiger partial charge in [0.25, 0.3) is 0 Å². The third kappa shape index (κ3) is 2.02. The summed E-state index contributed by atoms with van der Waals surface area (Å²) < 4.78 is 0. The number of benzene rings is 1. The third-order valence-electron chi connectivity index (χ3n) is 3.04. The summed E-state index contributed by atoms with van der Waals surface area (Å²) >= 11 is 0. The van der Waals surface area contributed by atoms with E-state index < -0.39 is 0 Å². The lowest BCUT2D eigenvalue weighted by Crippen LogP contribution is -2.37. The van der Waals surface area contributed by atoms with Crippen LogP contribution in [-0.4, -0.2) is 22.9 Å². The van der Waals surface area contributed by atoms with Crippen LogP contribution in [0.15, 0.2) is 30.3 Å². The van der Waals surface area contributed by atoms with Gasteiger partial charge in [-0.05, 0) is 12.5 Å². The highest BCUT2D eigenvalue weighted by atomic mass is 16.2. The molecule has 15 heavy (non-hydrogen) atoms. The molecule has 0 spiro atoms. The Morgan fingerprint density at radius 1 is 1.40 bits per heavy atom. The van der Waals surface area contributed by atoms with Gasteiger partial charge in [0.2, 0.25) is 5.91 Å². The average Bonchev–Trinajstić information content (AvgIpc) is 2.47. The second kappa shape index (κ2) is 4.03. The Hall–Kier alpha value is -1.35. The smallest absolute Gasteiger partial charge is 0.224 e. The molecule has 1 aliphatic rings. The van der Waals surface area contributed by atoms with Gasteiger partial charge in [0.15, 0.2) is 0 Å². The van der Waals surface area contributed by atoms with Crippen LogP contribution >= 0.6 is 0 Å². The molecule has 1 amide bonds. The molecule has 2 rings (SSSR count). The molecule has 0 aliphatic carbocycles. The first-order chi connectivity index (χ1) is 7.18. The summed E-state index contributed by atoms with van der Waals surface area (Å²) in [5.74, 6) is 0.166. The Kier molecular flexibility index (Phi) is 2.73. The number of nitrogens with zero attached hydrogens (tertiary/aromatic N) is 1. The molecule has 3 nitrogen and oxygen atoms in total. The predicted molar refractivity (Wildman–Crippen MR) is 59.0 cm³/mol. The normalized spacial score (nSPS) is 26.0. The Morgan fingerprint density at radius 2 is 2.07 bits per heavy atom. The summed E-state index contributed by atoms with van der Waals surface area (Å²) in [6.45, 7) is 2.69. The minimum absolute atomic E-state index is 0.0128. The maximum Gasteiger partial charge on any atom is 0.224 e. The van der Waals surface area contributed by atoms with E-state index in [1.807, 2.05) is 42.2 Å². The van der Waals surface area contributed by atoms with E-state index in [4.69, 9.17) is 5.73 Å². The molecule has 1 fully saturated rings. The molecule has 0 aromatic heterocycles. The van der Waals surface area contributed by atoms with Gasteiger partial charge < -0.3 is 10.6 Å². The predicted octanol–water partition coefficient (Wildman–Crippen LogP) is 1.13. The second-order valence-corrected chi connectivity index (χ2v) is 4.12. The Labute approximate surface area is 89.9 Å². The highest BCUT2D eigenvalue weighted by molar-refractivity contribution is 5.79. The van der Waals surface area contributed by atoms with E-state index in [1.165, 1.54) is 0 Å². The zero-order valence-corrected chi connectivity index (χ0v) is 8.89. The fourth-order valence-electron chi connectivity index (χ4n) is 1.96. The van der Waals surface area contributed by atoms with Crippen LogP contribution in [0.25, 0.3) is 0 Å². The molecule has 0 radical (unpaired) electrons. The molecule has 1 saturated heterocycles. The molecular weight excluding hydrogens is 188 g/mol. The SMILES string of the molecule is C[C@H]1[C@@H](N)CC(=O)N1Cc1ccccc1. The minimum Gasteiger partial charge on any atom is -0.334 e. The molecule has 3 heteroatoms. The lowest BCUT2D eigenvalue weighted by molar-refractivity contribution is -0.129. The number of amides is 1. The monoisotopic (exact) mass is 204 g/mol. The van der Waals surface area contributed by atoms with Gasteiger partial charge in [-0.1, -0.05) is 30.3 Å². The maximum atomic E-state index is 11.6. The maximum absolute atomic E-state index is 11.6. The molecule has 1 aliphatic heterocycles. The Balaban J connectivity index is 2.09. The summed E-state index contributed by atoms with van der Waals surface area (Å²) in [4.78, 5) is 13.5. The highest BCUT2D eigenvalue weighted by Gasteiger charge is 2.33. The van der Waals surface area contributed by atoms with Crippen molar-refractivity contribution >= 4 is 5.91 Å². The molecule has 0 saturated carbocycles.